The molecular formula is C4H11FGe. The van der Waals surface area contributed by atoms with Crippen molar-refractivity contribution in [2.24, 2.45) is 0 Å². The summed E-state index contributed by atoms with van der Waals surface area (Å²) in [6, 6.07) is 0. The van der Waals surface area contributed by atoms with E-state index >= 15 is 0 Å². The Hall–Kier alpha value is 0.473. The third-order valence-electron chi connectivity index (χ3n) is 0.886. The van der Waals surface area contributed by atoms with Crippen LogP contribution in [-0.4, -0.2) is 14.8 Å². The Morgan fingerprint density at radius 1 is 1.33 bits per heavy atom. The molecule has 0 aromatic heterocycles. The molecule has 0 N–H and O–H groups in total. The molecule has 0 saturated carbocycles. The van der Waals surface area contributed by atoms with E-state index in [1.807, 2.05) is 13.8 Å². The molecule has 0 atom stereocenters. The van der Waals surface area contributed by atoms with Crippen molar-refractivity contribution in [3.63, 3.8) is 0 Å². The van der Waals surface area contributed by atoms with Crippen molar-refractivity contribution in [1.82, 2.24) is 0 Å². The number of rotatable bonds is 2. The summed E-state index contributed by atoms with van der Waals surface area (Å²) < 4.78 is 12.0. The van der Waals surface area contributed by atoms with E-state index in [-0.39, 0.29) is 0 Å². The van der Waals surface area contributed by atoms with Gasteiger partial charge in [-0.3, -0.25) is 0 Å². The van der Waals surface area contributed by atoms with Crippen LogP contribution >= 0.6 is 0 Å². The van der Waals surface area contributed by atoms with Crippen molar-refractivity contribution in [3.8, 4) is 0 Å². The normalized spacial score (nSPS) is 10.0. The summed E-state index contributed by atoms with van der Waals surface area (Å²) in [6.07, 6.45) is 0. The van der Waals surface area contributed by atoms with Crippen molar-refractivity contribution in [3.05, 3.63) is 0 Å². The molecule has 6 heavy (non-hydrogen) atoms. The van der Waals surface area contributed by atoms with Gasteiger partial charge in [-0.15, -0.1) is 0 Å². The Balaban J connectivity index is 2.75. The first kappa shape index (κ1) is 6.47. The van der Waals surface area contributed by atoms with Crippen molar-refractivity contribution < 1.29 is 3.50 Å². The van der Waals surface area contributed by atoms with Gasteiger partial charge in [0.1, 0.15) is 0 Å². The fraction of sp³-hybridized carbons (Fsp3) is 1.00. The van der Waals surface area contributed by atoms with Crippen LogP contribution in [0.2, 0.25) is 10.5 Å². The van der Waals surface area contributed by atoms with Gasteiger partial charge in [-0.1, -0.05) is 0 Å². The molecule has 0 aliphatic heterocycles. The van der Waals surface area contributed by atoms with Gasteiger partial charge in [0.15, 0.2) is 0 Å². The standard InChI is InChI=1S/C4H11FGe/c1-3-6(5)4-2/h6H,3-4H2,1-2H3. The molecule has 0 spiro atoms. The van der Waals surface area contributed by atoms with Crippen LogP contribution in [0.3, 0.4) is 0 Å². The molecule has 0 aliphatic carbocycles. The minimum absolute atomic E-state index is 0.851. The average molecular weight is 151 g/mol. The zero-order valence-electron chi connectivity index (χ0n) is 4.37. The number of hydrogen-bond donors (Lipinski definition) is 0. The predicted molar refractivity (Wildman–Crippen MR) is 29.2 cm³/mol. The fourth-order valence-electron chi connectivity index (χ4n) is 0.289. The summed E-state index contributed by atoms with van der Waals surface area (Å²) in [7, 11) is 0. The van der Waals surface area contributed by atoms with E-state index in [1.165, 1.54) is 0 Å². The van der Waals surface area contributed by atoms with Gasteiger partial charge >= 0.3 is 42.7 Å². The maximum absolute atomic E-state index is 12.0. The second-order valence-corrected chi connectivity index (χ2v) is 7.35. The fourth-order valence-corrected chi connectivity index (χ4v) is 1.50. The molecule has 0 aromatic carbocycles. The van der Waals surface area contributed by atoms with Gasteiger partial charge in [0.2, 0.25) is 0 Å². The van der Waals surface area contributed by atoms with Crippen LogP contribution in [0.1, 0.15) is 13.8 Å². The first-order valence-corrected chi connectivity index (χ1v) is 6.79. The number of halogens is 1. The van der Waals surface area contributed by atoms with Crippen LogP contribution in [-0.2, 0) is 0 Å². The molecule has 0 radical (unpaired) electrons. The zero-order valence-corrected chi connectivity index (χ0v) is 6.79. The summed E-state index contributed by atoms with van der Waals surface area (Å²) in [5.74, 6) is 0. The van der Waals surface area contributed by atoms with Crippen LogP contribution < -0.4 is 0 Å². The Labute approximate surface area is 43.3 Å². The molecular weight excluding hydrogens is 140 g/mol. The van der Waals surface area contributed by atoms with E-state index in [4.69, 9.17) is 0 Å². The molecule has 0 nitrogen and oxygen atoms in total. The third kappa shape index (κ3) is 2.70. The molecule has 38 valence electrons. The van der Waals surface area contributed by atoms with Gasteiger partial charge in [-0.05, 0) is 0 Å². The third-order valence-corrected chi connectivity index (χ3v) is 4.60. The van der Waals surface area contributed by atoms with E-state index in [2.05, 4.69) is 0 Å². The summed E-state index contributed by atoms with van der Waals surface area (Å²) in [5.41, 5.74) is 0. The van der Waals surface area contributed by atoms with E-state index in [0.29, 0.717) is 0 Å². The molecule has 0 heterocycles. The van der Waals surface area contributed by atoms with Gasteiger partial charge in [-0.25, -0.2) is 0 Å². The first-order valence-electron chi connectivity index (χ1n) is 2.45. The SMILES string of the molecule is C[CH2][GeH]([F])[CH2]C. The van der Waals surface area contributed by atoms with Crippen LogP contribution in [0.15, 0.2) is 0 Å². The van der Waals surface area contributed by atoms with Crippen molar-refractivity contribution in [2.45, 2.75) is 24.4 Å². The Morgan fingerprint density at radius 3 is 1.67 bits per heavy atom. The van der Waals surface area contributed by atoms with Crippen LogP contribution in [0.4, 0.5) is 3.50 Å². The van der Waals surface area contributed by atoms with Crippen LogP contribution in [0, 0.1) is 0 Å². The number of hydrogen-bond acceptors (Lipinski definition) is 0. The molecule has 0 saturated heterocycles. The first-order chi connectivity index (χ1) is 2.81. The van der Waals surface area contributed by atoms with Gasteiger partial charge in [0.25, 0.3) is 0 Å². The minimum atomic E-state index is -2.04. The quantitative estimate of drug-likeness (QED) is 0.526. The average Bonchev–Trinajstić information content (AvgIpc) is 1.65. The molecule has 0 aliphatic rings. The Bertz CT molecular complexity index is 26.7. The summed E-state index contributed by atoms with van der Waals surface area (Å²) in [5, 5.41) is 1.70. The van der Waals surface area contributed by atoms with Gasteiger partial charge in [0, 0.05) is 0 Å². The van der Waals surface area contributed by atoms with E-state index in [1.54, 1.807) is 0 Å². The molecule has 0 aromatic rings. The molecule has 0 amide bonds. The second-order valence-electron chi connectivity index (χ2n) is 1.41. The Morgan fingerprint density at radius 2 is 1.67 bits per heavy atom. The topological polar surface area (TPSA) is 0 Å². The second kappa shape index (κ2) is 3.66. The van der Waals surface area contributed by atoms with Gasteiger partial charge in [0.05, 0.1) is 0 Å². The van der Waals surface area contributed by atoms with Crippen molar-refractivity contribution >= 4 is 14.8 Å². The van der Waals surface area contributed by atoms with E-state index < -0.39 is 14.8 Å². The monoisotopic (exact) mass is 152 g/mol. The summed E-state index contributed by atoms with van der Waals surface area (Å²) in [4.78, 5) is 0. The maximum atomic E-state index is 12.0. The van der Waals surface area contributed by atoms with E-state index in [9.17, 15) is 3.50 Å². The van der Waals surface area contributed by atoms with Gasteiger partial charge in [-0.2, -0.15) is 0 Å². The van der Waals surface area contributed by atoms with Crippen LogP contribution in [0.25, 0.3) is 0 Å². The molecule has 0 unspecified atom stereocenters. The zero-order chi connectivity index (χ0) is 4.99. The molecule has 0 rings (SSSR count). The van der Waals surface area contributed by atoms with E-state index in [0.717, 1.165) is 10.5 Å². The Kier molecular flexibility index (Phi) is 3.94. The molecule has 0 fully saturated rings. The summed E-state index contributed by atoms with van der Waals surface area (Å²) >= 11 is -2.04. The van der Waals surface area contributed by atoms with Crippen molar-refractivity contribution in [1.29, 1.82) is 0 Å². The molecule has 2 heteroatoms. The van der Waals surface area contributed by atoms with Gasteiger partial charge < -0.3 is 0 Å². The molecule has 0 bridgehead atoms. The van der Waals surface area contributed by atoms with Crippen molar-refractivity contribution in [2.75, 3.05) is 0 Å². The van der Waals surface area contributed by atoms with Crippen LogP contribution in [0.5, 0.6) is 0 Å². The predicted octanol–water partition coefficient (Wildman–Crippen LogP) is 1.72. The summed E-state index contributed by atoms with van der Waals surface area (Å²) in [6.45, 7) is 3.88.